The number of hydrogen-bond donors (Lipinski definition) is 1. The molecule has 0 aromatic heterocycles. The Bertz CT molecular complexity index is 180. The maximum Gasteiger partial charge on any atom is 0.0217 e. The van der Waals surface area contributed by atoms with Crippen LogP contribution >= 0.6 is 11.8 Å². The Morgan fingerprint density at radius 2 is 2.20 bits per heavy atom. The Balaban J connectivity index is 1.67. The third kappa shape index (κ3) is 3.65. The molecule has 2 aliphatic rings. The minimum Gasteiger partial charge on any atom is -0.312 e. The first kappa shape index (κ1) is 11.7. The van der Waals surface area contributed by atoms with Crippen molar-refractivity contribution in [3.8, 4) is 0 Å². The van der Waals surface area contributed by atoms with Gasteiger partial charge in [-0.3, -0.25) is 0 Å². The number of thioether (sulfide) groups is 1. The molecule has 2 saturated heterocycles. The van der Waals surface area contributed by atoms with Crippen LogP contribution in [0.4, 0.5) is 0 Å². The lowest BCUT2D eigenvalue weighted by Crippen LogP contribution is -2.46. The van der Waals surface area contributed by atoms with E-state index in [9.17, 15) is 0 Å². The van der Waals surface area contributed by atoms with E-state index in [-0.39, 0.29) is 0 Å². The summed E-state index contributed by atoms with van der Waals surface area (Å²) in [6.45, 7) is 2.51. The molecule has 88 valence electrons. The number of nitrogens with zero attached hydrogens (tertiary/aromatic N) is 1. The predicted molar refractivity (Wildman–Crippen MR) is 68.6 cm³/mol. The molecule has 0 aromatic rings. The van der Waals surface area contributed by atoms with Crippen molar-refractivity contribution < 1.29 is 0 Å². The molecule has 3 heteroatoms. The van der Waals surface area contributed by atoms with Crippen LogP contribution in [0.3, 0.4) is 0 Å². The molecule has 2 rings (SSSR count). The van der Waals surface area contributed by atoms with Gasteiger partial charge in [-0.2, -0.15) is 11.8 Å². The molecule has 0 spiro atoms. The van der Waals surface area contributed by atoms with Crippen LogP contribution in [0.15, 0.2) is 0 Å². The maximum atomic E-state index is 3.76. The summed E-state index contributed by atoms with van der Waals surface area (Å²) in [4.78, 5) is 2.53. The molecule has 0 aromatic carbocycles. The van der Waals surface area contributed by atoms with Gasteiger partial charge in [0, 0.05) is 24.4 Å². The molecule has 2 aliphatic heterocycles. The lowest BCUT2D eigenvalue weighted by Gasteiger charge is -2.34. The van der Waals surface area contributed by atoms with E-state index in [2.05, 4.69) is 29.0 Å². The highest BCUT2D eigenvalue weighted by atomic mass is 32.2. The number of hydrogen-bond acceptors (Lipinski definition) is 3. The quantitative estimate of drug-likeness (QED) is 0.795. The monoisotopic (exact) mass is 228 g/mol. The zero-order valence-electron chi connectivity index (χ0n) is 9.87. The van der Waals surface area contributed by atoms with Gasteiger partial charge in [-0.25, -0.2) is 0 Å². The maximum absolute atomic E-state index is 3.76. The van der Waals surface area contributed by atoms with E-state index in [0.717, 1.165) is 12.1 Å². The summed E-state index contributed by atoms with van der Waals surface area (Å²) in [6, 6.07) is 1.59. The van der Waals surface area contributed by atoms with Crippen LogP contribution in [0.5, 0.6) is 0 Å². The van der Waals surface area contributed by atoms with Crippen molar-refractivity contribution in [2.45, 2.75) is 44.2 Å². The first-order valence-electron chi connectivity index (χ1n) is 6.37. The molecule has 0 bridgehead atoms. The van der Waals surface area contributed by atoms with Gasteiger partial charge in [0.1, 0.15) is 0 Å². The smallest absolute Gasteiger partial charge is 0.0217 e. The lowest BCUT2D eigenvalue weighted by atomic mass is 10.0. The Morgan fingerprint density at radius 3 is 2.93 bits per heavy atom. The van der Waals surface area contributed by atoms with E-state index in [0.29, 0.717) is 0 Å². The highest BCUT2D eigenvalue weighted by molar-refractivity contribution is 7.99. The number of rotatable bonds is 3. The van der Waals surface area contributed by atoms with Crippen LogP contribution in [-0.2, 0) is 0 Å². The average Bonchev–Trinajstić information content (AvgIpc) is 2.29. The lowest BCUT2D eigenvalue weighted by molar-refractivity contribution is 0.178. The molecular weight excluding hydrogens is 204 g/mol. The molecule has 2 atom stereocenters. The number of likely N-dealkylation sites (tertiary alicyclic amines) is 1. The van der Waals surface area contributed by atoms with Crippen LogP contribution < -0.4 is 5.32 Å². The molecule has 0 radical (unpaired) electrons. The van der Waals surface area contributed by atoms with Crippen LogP contribution in [0.25, 0.3) is 0 Å². The standard InChI is InChI=1S/C12H24N2S/c1-14-7-3-2-6-12(14)9-13-11-5-4-8-15-10-11/h11-13H,2-10H2,1H3. The average molecular weight is 228 g/mol. The van der Waals surface area contributed by atoms with Gasteiger partial charge in [-0.1, -0.05) is 6.42 Å². The molecule has 2 nitrogen and oxygen atoms in total. The highest BCUT2D eigenvalue weighted by Crippen LogP contribution is 2.18. The van der Waals surface area contributed by atoms with E-state index in [4.69, 9.17) is 0 Å². The molecule has 0 amide bonds. The number of piperidine rings is 1. The Labute approximate surface area is 98.2 Å². The van der Waals surface area contributed by atoms with Crippen LogP contribution in [0.1, 0.15) is 32.1 Å². The van der Waals surface area contributed by atoms with Crippen molar-refractivity contribution in [3.63, 3.8) is 0 Å². The molecule has 0 saturated carbocycles. The Hall–Kier alpha value is 0.270. The summed E-state index contributed by atoms with van der Waals surface area (Å²) in [6.07, 6.45) is 7.01. The molecule has 2 heterocycles. The number of likely N-dealkylation sites (N-methyl/N-ethyl adjacent to an activating group) is 1. The zero-order valence-corrected chi connectivity index (χ0v) is 10.7. The van der Waals surface area contributed by atoms with Gasteiger partial charge in [0.25, 0.3) is 0 Å². The Morgan fingerprint density at radius 1 is 1.27 bits per heavy atom. The van der Waals surface area contributed by atoms with Crippen LogP contribution in [0.2, 0.25) is 0 Å². The van der Waals surface area contributed by atoms with Gasteiger partial charge in [0.05, 0.1) is 0 Å². The van der Waals surface area contributed by atoms with Gasteiger partial charge < -0.3 is 10.2 Å². The van der Waals surface area contributed by atoms with Gasteiger partial charge in [0.2, 0.25) is 0 Å². The summed E-state index contributed by atoms with van der Waals surface area (Å²) in [5.41, 5.74) is 0. The largest absolute Gasteiger partial charge is 0.312 e. The zero-order chi connectivity index (χ0) is 10.5. The molecule has 0 aliphatic carbocycles. The molecule has 1 N–H and O–H groups in total. The topological polar surface area (TPSA) is 15.3 Å². The first-order chi connectivity index (χ1) is 7.36. The SMILES string of the molecule is CN1CCCCC1CNC1CCCSC1. The fourth-order valence-electron chi connectivity index (χ4n) is 2.61. The predicted octanol–water partition coefficient (Wildman–Crippen LogP) is 1.96. The summed E-state index contributed by atoms with van der Waals surface area (Å²) < 4.78 is 0. The second kappa shape index (κ2) is 6.12. The third-order valence-electron chi connectivity index (χ3n) is 3.72. The fourth-order valence-corrected chi connectivity index (χ4v) is 3.71. The van der Waals surface area contributed by atoms with Crippen molar-refractivity contribution in [1.29, 1.82) is 0 Å². The third-order valence-corrected chi connectivity index (χ3v) is 4.94. The van der Waals surface area contributed by atoms with Gasteiger partial charge in [0.15, 0.2) is 0 Å². The minimum absolute atomic E-state index is 0.791. The van der Waals surface area contributed by atoms with Crippen LogP contribution in [0, 0.1) is 0 Å². The van der Waals surface area contributed by atoms with Crippen molar-refractivity contribution in [1.82, 2.24) is 10.2 Å². The second-order valence-electron chi connectivity index (χ2n) is 4.95. The van der Waals surface area contributed by atoms with E-state index < -0.39 is 0 Å². The molecule has 2 unspecified atom stereocenters. The van der Waals surface area contributed by atoms with Crippen molar-refractivity contribution in [2.75, 3.05) is 31.6 Å². The van der Waals surface area contributed by atoms with Gasteiger partial charge >= 0.3 is 0 Å². The molecule has 2 fully saturated rings. The van der Waals surface area contributed by atoms with Crippen molar-refractivity contribution >= 4 is 11.8 Å². The molecule has 15 heavy (non-hydrogen) atoms. The van der Waals surface area contributed by atoms with E-state index in [1.54, 1.807) is 0 Å². The van der Waals surface area contributed by atoms with Gasteiger partial charge in [-0.05, 0) is 45.0 Å². The fraction of sp³-hybridized carbons (Fsp3) is 1.00. The van der Waals surface area contributed by atoms with E-state index in [1.807, 2.05) is 0 Å². The Kier molecular flexibility index (Phi) is 4.79. The number of nitrogens with one attached hydrogen (secondary N) is 1. The summed E-state index contributed by atoms with van der Waals surface area (Å²) >= 11 is 2.11. The summed E-state index contributed by atoms with van der Waals surface area (Å²) in [7, 11) is 2.28. The minimum atomic E-state index is 0.791. The van der Waals surface area contributed by atoms with Crippen molar-refractivity contribution in [2.24, 2.45) is 0 Å². The summed E-state index contributed by atoms with van der Waals surface area (Å²) in [5.74, 6) is 2.71. The normalized spacial score (nSPS) is 34.2. The summed E-state index contributed by atoms with van der Waals surface area (Å²) in [5, 5.41) is 3.76. The highest BCUT2D eigenvalue weighted by Gasteiger charge is 2.20. The van der Waals surface area contributed by atoms with E-state index >= 15 is 0 Å². The first-order valence-corrected chi connectivity index (χ1v) is 7.53. The van der Waals surface area contributed by atoms with Crippen LogP contribution in [-0.4, -0.2) is 48.6 Å². The van der Waals surface area contributed by atoms with Crippen molar-refractivity contribution in [3.05, 3.63) is 0 Å². The second-order valence-corrected chi connectivity index (χ2v) is 6.10. The van der Waals surface area contributed by atoms with Gasteiger partial charge in [-0.15, -0.1) is 0 Å². The molecular formula is C12H24N2S. The van der Waals surface area contributed by atoms with E-state index in [1.165, 1.54) is 56.7 Å².